The van der Waals surface area contributed by atoms with Gasteiger partial charge in [0.1, 0.15) is 5.82 Å². The fourth-order valence-corrected chi connectivity index (χ4v) is 0.745. The van der Waals surface area contributed by atoms with E-state index in [1.54, 1.807) is 12.4 Å². The summed E-state index contributed by atoms with van der Waals surface area (Å²) >= 11 is 0. The maximum atomic E-state index is 8.44. The summed E-state index contributed by atoms with van der Waals surface area (Å²) < 4.78 is 0. The van der Waals surface area contributed by atoms with Crippen molar-refractivity contribution < 1.29 is 0 Å². The average molecular weight is 135 g/mol. The molecule has 1 unspecified atom stereocenters. The molecule has 1 aromatic heterocycles. The summed E-state index contributed by atoms with van der Waals surface area (Å²) in [7, 11) is 0. The summed E-state index contributed by atoms with van der Waals surface area (Å²) in [6.07, 6.45) is 4.17. The first kappa shape index (κ1) is 6.81. The van der Waals surface area contributed by atoms with E-state index in [-0.39, 0.29) is 5.92 Å². The van der Waals surface area contributed by atoms with Crippen LogP contribution in [0.4, 0.5) is 0 Å². The Bertz CT molecular complexity index is 219. The molecule has 1 rings (SSSR count). The Balaban J connectivity index is 2.50. The van der Waals surface area contributed by atoms with Gasteiger partial charge in [0.15, 0.2) is 0 Å². The standard InChI is InChI=1S/C7H9N3/c1-6(5-8)4-7-9-2-3-10-7/h2-3,6H,4H2,1H3,(H,9,10). The maximum absolute atomic E-state index is 8.44. The van der Waals surface area contributed by atoms with Crippen LogP contribution in [-0.4, -0.2) is 9.97 Å². The number of aromatic nitrogens is 2. The molecular weight excluding hydrogens is 126 g/mol. The van der Waals surface area contributed by atoms with Crippen molar-refractivity contribution in [1.82, 2.24) is 9.97 Å². The third-order valence-electron chi connectivity index (χ3n) is 1.27. The van der Waals surface area contributed by atoms with E-state index in [9.17, 15) is 0 Å². The first-order chi connectivity index (χ1) is 4.83. The number of rotatable bonds is 2. The van der Waals surface area contributed by atoms with Crippen molar-refractivity contribution in [3.8, 4) is 6.07 Å². The Kier molecular flexibility index (Phi) is 2.06. The lowest BCUT2D eigenvalue weighted by molar-refractivity contribution is 0.707. The smallest absolute Gasteiger partial charge is 0.107 e. The summed E-state index contributed by atoms with van der Waals surface area (Å²) in [4.78, 5) is 6.94. The number of aromatic amines is 1. The van der Waals surface area contributed by atoms with Crippen LogP contribution in [0.25, 0.3) is 0 Å². The minimum Gasteiger partial charge on any atom is -0.349 e. The van der Waals surface area contributed by atoms with E-state index in [4.69, 9.17) is 5.26 Å². The molecule has 0 saturated heterocycles. The highest BCUT2D eigenvalue weighted by Crippen LogP contribution is 2.00. The summed E-state index contributed by atoms with van der Waals surface area (Å²) in [5.74, 6) is 0.931. The first-order valence-electron chi connectivity index (χ1n) is 3.21. The zero-order valence-electron chi connectivity index (χ0n) is 5.83. The third kappa shape index (κ3) is 1.59. The molecule has 1 aromatic rings. The molecule has 1 heterocycles. The molecule has 0 fully saturated rings. The minimum atomic E-state index is 0.0474. The zero-order valence-corrected chi connectivity index (χ0v) is 5.83. The van der Waals surface area contributed by atoms with Crippen molar-refractivity contribution in [1.29, 1.82) is 5.26 Å². The lowest BCUT2D eigenvalue weighted by Crippen LogP contribution is -1.97. The number of imidazole rings is 1. The molecule has 0 aliphatic rings. The lowest BCUT2D eigenvalue weighted by Gasteiger charge is -1.95. The topological polar surface area (TPSA) is 52.5 Å². The molecule has 3 nitrogen and oxygen atoms in total. The highest BCUT2D eigenvalue weighted by atomic mass is 14.9. The number of nitrogens with one attached hydrogen (secondary N) is 1. The van der Waals surface area contributed by atoms with Gasteiger partial charge in [-0.1, -0.05) is 0 Å². The van der Waals surface area contributed by atoms with Crippen molar-refractivity contribution in [2.75, 3.05) is 0 Å². The van der Waals surface area contributed by atoms with Gasteiger partial charge in [0.05, 0.1) is 12.0 Å². The van der Waals surface area contributed by atoms with Crippen LogP contribution in [-0.2, 0) is 6.42 Å². The van der Waals surface area contributed by atoms with Gasteiger partial charge >= 0.3 is 0 Å². The van der Waals surface area contributed by atoms with Crippen molar-refractivity contribution in [3.05, 3.63) is 18.2 Å². The summed E-state index contributed by atoms with van der Waals surface area (Å²) in [5, 5.41) is 8.44. The molecule has 52 valence electrons. The van der Waals surface area contributed by atoms with Crippen molar-refractivity contribution >= 4 is 0 Å². The predicted molar refractivity (Wildman–Crippen MR) is 37.1 cm³/mol. The molecule has 0 saturated carbocycles. The van der Waals surface area contributed by atoms with E-state index >= 15 is 0 Å². The van der Waals surface area contributed by atoms with Crippen LogP contribution in [0.3, 0.4) is 0 Å². The SMILES string of the molecule is CC(C#N)Cc1ncc[nH]1. The lowest BCUT2D eigenvalue weighted by atomic mass is 10.1. The molecule has 0 bridgehead atoms. The first-order valence-corrected chi connectivity index (χ1v) is 3.21. The highest BCUT2D eigenvalue weighted by molar-refractivity contribution is 4.93. The molecule has 0 radical (unpaired) electrons. The molecule has 10 heavy (non-hydrogen) atoms. The van der Waals surface area contributed by atoms with Crippen LogP contribution in [0.5, 0.6) is 0 Å². The van der Waals surface area contributed by atoms with Crippen LogP contribution in [0.1, 0.15) is 12.7 Å². The Morgan fingerprint density at radius 3 is 3.20 bits per heavy atom. The third-order valence-corrected chi connectivity index (χ3v) is 1.27. The largest absolute Gasteiger partial charge is 0.349 e. The van der Waals surface area contributed by atoms with Crippen molar-refractivity contribution in [2.45, 2.75) is 13.3 Å². The number of H-pyrrole nitrogens is 1. The fourth-order valence-electron chi connectivity index (χ4n) is 0.745. The van der Waals surface area contributed by atoms with Gasteiger partial charge in [-0.3, -0.25) is 0 Å². The molecule has 0 aliphatic heterocycles. The molecule has 1 N–H and O–H groups in total. The van der Waals surface area contributed by atoms with Crippen LogP contribution in [0.2, 0.25) is 0 Å². The Morgan fingerprint density at radius 1 is 1.90 bits per heavy atom. The maximum Gasteiger partial charge on any atom is 0.107 e. The van der Waals surface area contributed by atoms with E-state index < -0.39 is 0 Å². The number of nitrogens with zero attached hydrogens (tertiary/aromatic N) is 2. The molecule has 1 atom stereocenters. The highest BCUT2D eigenvalue weighted by Gasteiger charge is 2.01. The predicted octanol–water partition coefficient (Wildman–Crippen LogP) is 1.11. The second kappa shape index (κ2) is 3.02. The van der Waals surface area contributed by atoms with Crippen LogP contribution >= 0.6 is 0 Å². The Morgan fingerprint density at radius 2 is 2.70 bits per heavy atom. The van der Waals surface area contributed by atoms with Crippen molar-refractivity contribution in [3.63, 3.8) is 0 Å². The second-order valence-electron chi connectivity index (χ2n) is 2.27. The monoisotopic (exact) mass is 135 g/mol. The molecule has 0 aromatic carbocycles. The number of nitriles is 1. The summed E-state index contributed by atoms with van der Waals surface area (Å²) in [6.45, 7) is 1.88. The van der Waals surface area contributed by atoms with Crippen LogP contribution in [0, 0.1) is 17.2 Å². The Hall–Kier alpha value is -1.30. The number of hydrogen-bond donors (Lipinski definition) is 1. The van der Waals surface area contributed by atoms with E-state index in [1.807, 2.05) is 6.92 Å². The van der Waals surface area contributed by atoms with Gasteiger partial charge in [-0.05, 0) is 6.92 Å². The van der Waals surface area contributed by atoms with Gasteiger partial charge in [-0.25, -0.2) is 4.98 Å². The van der Waals surface area contributed by atoms with Crippen LogP contribution in [0.15, 0.2) is 12.4 Å². The average Bonchev–Trinajstić information content (AvgIpc) is 2.40. The zero-order chi connectivity index (χ0) is 7.40. The van der Waals surface area contributed by atoms with Gasteiger partial charge in [-0.15, -0.1) is 0 Å². The molecule has 0 spiro atoms. The van der Waals surface area contributed by atoms with Crippen LogP contribution < -0.4 is 0 Å². The van der Waals surface area contributed by atoms with E-state index in [0.29, 0.717) is 6.42 Å². The van der Waals surface area contributed by atoms with Gasteiger partial charge in [0, 0.05) is 18.8 Å². The van der Waals surface area contributed by atoms with Crippen molar-refractivity contribution in [2.24, 2.45) is 5.92 Å². The fraction of sp³-hybridized carbons (Fsp3) is 0.429. The van der Waals surface area contributed by atoms with Gasteiger partial charge in [-0.2, -0.15) is 5.26 Å². The molecule has 0 aliphatic carbocycles. The second-order valence-corrected chi connectivity index (χ2v) is 2.27. The summed E-state index contributed by atoms with van der Waals surface area (Å²) in [6, 6.07) is 2.14. The van der Waals surface area contributed by atoms with Gasteiger partial charge in [0.2, 0.25) is 0 Å². The number of hydrogen-bond acceptors (Lipinski definition) is 2. The van der Waals surface area contributed by atoms with E-state index in [2.05, 4.69) is 16.0 Å². The minimum absolute atomic E-state index is 0.0474. The van der Waals surface area contributed by atoms with E-state index in [0.717, 1.165) is 5.82 Å². The van der Waals surface area contributed by atoms with Gasteiger partial charge in [0.25, 0.3) is 0 Å². The Labute approximate surface area is 59.7 Å². The molecular formula is C7H9N3. The molecule has 0 amide bonds. The quantitative estimate of drug-likeness (QED) is 0.660. The normalized spacial score (nSPS) is 12.4. The van der Waals surface area contributed by atoms with E-state index in [1.165, 1.54) is 0 Å². The molecule has 3 heteroatoms. The summed E-state index contributed by atoms with van der Waals surface area (Å²) in [5.41, 5.74) is 0. The van der Waals surface area contributed by atoms with Gasteiger partial charge < -0.3 is 4.98 Å².